The summed E-state index contributed by atoms with van der Waals surface area (Å²) in [5.74, 6) is -0.00248. The Labute approximate surface area is 159 Å². The Kier molecular flexibility index (Phi) is 5.07. The number of carbonyl (C=O) groups is 2. The average Bonchev–Trinajstić information content (AvgIpc) is 2.77. The van der Waals surface area contributed by atoms with Gasteiger partial charge in [0.15, 0.2) is 5.60 Å². The summed E-state index contributed by atoms with van der Waals surface area (Å²) in [5, 5.41) is 11.1. The second kappa shape index (κ2) is 7.16. The number of ether oxygens (including phenoxy) is 1. The van der Waals surface area contributed by atoms with Gasteiger partial charge in [0, 0.05) is 17.5 Å². The van der Waals surface area contributed by atoms with E-state index in [4.69, 9.17) is 4.74 Å². The van der Waals surface area contributed by atoms with Crippen LogP contribution < -0.4 is 9.64 Å². The second-order valence-corrected chi connectivity index (χ2v) is 7.43. The molecule has 2 aromatic carbocycles. The van der Waals surface area contributed by atoms with Crippen LogP contribution in [0.5, 0.6) is 5.75 Å². The molecule has 2 aromatic rings. The zero-order valence-electron chi connectivity index (χ0n) is 16.2. The molecule has 0 spiro atoms. The van der Waals surface area contributed by atoms with E-state index < -0.39 is 11.5 Å². The first-order valence-electron chi connectivity index (χ1n) is 9.12. The van der Waals surface area contributed by atoms with E-state index in [2.05, 4.69) is 0 Å². The van der Waals surface area contributed by atoms with Crippen molar-refractivity contribution in [1.82, 2.24) is 0 Å². The summed E-state index contributed by atoms with van der Waals surface area (Å²) >= 11 is 0. The number of aryl methyl sites for hydroxylation is 1. The van der Waals surface area contributed by atoms with Crippen molar-refractivity contribution in [2.24, 2.45) is 0 Å². The van der Waals surface area contributed by atoms with Crippen LogP contribution in [-0.4, -0.2) is 22.9 Å². The number of hydrogen-bond acceptors (Lipinski definition) is 4. The molecule has 0 saturated heterocycles. The molecule has 142 valence electrons. The molecule has 0 saturated carbocycles. The largest absolute Gasteiger partial charge is 0.491 e. The Bertz CT molecular complexity index is 890. The zero-order valence-corrected chi connectivity index (χ0v) is 16.2. The van der Waals surface area contributed by atoms with Gasteiger partial charge < -0.3 is 14.7 Å². The van der Waals surface area contributed by atoms with E-state index in [1.165, 1.54) is 6.92 Å². The smallest absolute Gasteiger partial charge is 0.264 e. The normalized spacial score (nSPS) is 18.7. The Hall–Kier alpha value is -2.66. The highest BCUT2D eigenvalue weighted by atomic mass is 16.5. The Morgan fingerprint density at radius 3 is 2.59 bits per heavy atom. The molecule has 1 unspecified atom stereocenters. The molecule has 5 nitrogen and oxygen atoms in total. The molecule has 1 aliphatic rings. The third-order valence-electron chi connectivity index (χ3n) is 4.66. The summed E-state index contributed by atoms with van der Waals surface area (Å²) in [4.78, 5) is 26.4. The molecule has 0 fully saturated rings. The van der Waals surface area contributed by atoms with Crippen molar-refractivity contribution >= 4 is 17.4 Å². The lowest BCUT2D eigenvalue weighted by Crippen LogP contribution is -2.41. The number of nitrogens with zero attached hydrogens (tertiary/aromatic N) is 1. The summed E-state index contributed by atoms with van der Waals surface area (Å²) < 4.78 is 5.86. The molecule has 27 heavy (non-hydrogen) atoms. The molecule has 0 bridgehead atoms. The summed E-state index contributed by atoms with van der Waals surface area (Å²) in [5.41, 5.74) is 1.08. The summed E-state index contributed by atoms with van der Waals surface area (Å²) in [6, 6.07) is 13.1. The maximum Gasteiger partial charge on any atom is 0.264 e. The van der Waals surface area contributed by atoms with Crippen LogP contribution in [0.3, 0.4) is 0 Å². The van der Waals surface area contributed by atoms with Gasteiger partial charge in [-0.2, -0.15) is 0 Å². The lowest BCUT2D eigenvalue weighted by molar-refractivity contribution is -0.141. The molecule has 1 N–H and O–H groups in total. The van der Waals surface area contributed by atoms with Gasteiger partial charge in [0.25, 0.3) is 5.91 Å². The van der Waals surface area contributed by atoms with Gasteiger partial charge in [-0.3, -0.25) is 9.59 Å². The number of carbonyl (C=O) groups excluding carboxylic acids is 2. The van der Waals surface area contributed by atoms with Crippen LogP contribution in [0.2, 0.25) is 0 Å². The van der Waals surface area contributed by atoms with Gasteiger partial charge in [0.2, 0.25) is 0 Å². The van der Waals surface area contributed by atoms with Crippen molar-refractivity contribution in [3.63, 3.8) is 0 Å². The van der Waals surface area contributed by atoms with Crippen LogP contribution in [0, 0.1) is 6.92 Å². The minimum Gasteiger partial charge on any atom is -0.491 e. The number of fused-ring (bicyclic) bond motifs is 1. The van der Waals surface area contributed by atoms with Gasteiger partial charge in [-0.05, 0) is 39.8 Å². The third kappa shape index (κ3) is 3.60. The molecule has 0 aromatic heterocycles. The van der Waals surface area contributed by atoms with Gasteiger partial charge in [0.1, 0.15) is 11.5 Å². The van der Waals surface area contributed by atoms with Crippen LogP contribution >= 0.6 is 0 Å². The van der Waals surface area contributed by atoms with Gasteiger partial charge in [-0.15, -0.1) is 0 Å². The van der Waals surface area contributed by atoms with E-state index in [1.807, 2.05) is 57.2 Å². The van der Waals surface area contributed by atoms with Gasteiger partial charge in [-0.25, -0.2) is 0 Å². The average molecular weight is 367 g/mol. The molecule has 0 radical (unpaired) electrons. The van der Waals surface area contributed by atoms with E-state index >= 15 is 0 Å². The Balaban J connectivity index is 2.03. The van der Waals surface area contributed by atoms with E-state index in [0.29, 0.717) is 17.0 Å². The van der Waals surface area contributed by atoms with E-state index in [9.17, 15) is 14.7 Å². The highest BCUT2D eigenvalue weighted by Gasteiger charge is 2.50. The fourth-order valence-electron chi connectivity index (χ4n) is 3.53. The highest BCUT2D eigenvalue weighted by Crippen LogP contribution is 2.44. The topological polar surface area (TPSA) is 66.8 Å². The first-order valence-corrected chi connectivity index (χ1v) is 9.12. The monoisotopic (exact) mass is 367 g/mol. The zero-order chi connectivity index (χ0) is 19.8. The fourth-order valence-corrected chi connectivity index (χ4v) is 3.53. The number of ketones is 1. The van der Waals surface area contributed by atoms with Crippen LogP contribution in [0.4, 0.5) is 5.69 Å². The minimum atomic E-state index is -1.82. The molecular formula is C22H25NO4. The lowest BCUT2D eigenvalue weighted by atomic mass is 9.89. The molecule has 0 aliphatic carbocycles. The summed E-state index contributed by atoms with van der Waals surface area (Å²) in [6.07, 6.45) is -0.229. The molecular weight excluding hydrogens is 342 g/mol. The van der Waals surface area contributed by atoms with Crippen molar-refractivity contribution in [2.75, 3.05) is 4.90 Å². The van der Waals surface area contributed by atoms with Crippen LogP contribution in [0.25, 0.3) is 0 Å². The number of para-hydroxylation sites is 1. The Morgan fingerprint density at radius 1 is 1.22 bits per heavy atom. The van der Waals surface area contributed by atoms with Gasteiger partial charge >= 0.3 is 0 Å². The molecule has 1 aliphatic heterocycles. The second-order valence-electron chi connectivity index (χ2n) is 7.43. The highest BCUT2D eigenvalue weighted by molar-refractivity contribution is 6.08. The SMILES string of the molecule is CC(=O)CC1(O)C(=O)N(Cc2ccccc2OC(C)C)c2ccc(C)cc21. The van der Waals surface area contributed by atoms with Gasteiger partial charge in [-0.1, -0.05) is 35.9 Å². The number of rotatable bonds is 6. The fraction of sp³-hybridized carbons (Fsp3) is 0.364. The molecule has 3 rings (SSSR count). The van der Waals surface area contributed by atoms with Crippen molar-refractivity contribution in [3.05, 3.63) is 59.2 Å². The first kappa shape index (κ1) is 19.1. The van der Waals surface area contributed by atoms with E-state index in [1.54, 1.807) is 11.0 Å². The predicted molar refractivity (Wildman–Crippen MR) is 104 cm³/mol. The Morgan fingerprint density at radius 2 is 1.93 bits per heavy atom. The minimum absolute atomic E-state index is 0.00464. The summed E-state index contributed by atoms with van der Waals surface area (Å²) in [7, 11) is 0. The lowest BCUT2D eigenvalue weighted by Gasteiger charge is -2.23. The van der Waals surface area contributed by atoms with Crippen molar-refractivity contribution < 1.29 is 19.4 Å². The van der Waals surface area contributed by atoms with Crippen LogP contribution in [0.1, 0.15) is 43.9 Å². The van der Waals surface area contributed by atoms with Crippen molar-refractivity contribution in [2.45, 2.75) is 52.4 Å². The molecule has 1 amide bonds. The maximum absolute atomic E-state index is 13.2. The van der Waals surface area contributed by atoms with E-state index in [0.717, 1.165) is 11.1 Å². The predicted octanol–water partition coefficient (Wildman–Crippen LogP) is 3.50. The maximum atomic E-state index is 13.2. The van der Waals surface area contributed by atoms with Crippen molar-refractivity contribution in [1.29, 1.82) is 0 Å². The molecule has 5 heteroatoms. The van der Waals surface area contributed by atoms with Gasteiger partial charge in [0.05, 0.1) is 18.3 Å². The van der Waals surface area contributed by atoms with Crippen molar-refractivity contribution in [3.8, 4) is 5.75 Å². The molecule has 1 heterocycles. The number of amides is 1. The quantitative estimate of drug-likeness (QED) is 0.849. The molecule has 1 atom stereocenters. The number of aliphatic hydroxyl groups is 1. The summed E-state index contributed by atoms with van der Waals surface area (Å²) in [6.45, 7) is 7.43. The third-order valence-corrected chi connectivity index (χ3v) is 4.66. The van der Waals surface area contributed by atoms with Crippen LogP contribution in [0.15, 0.2) is 42.5 Å². The first-order chi connectivity index (χ1) is 12.7. The number of hydrogen-bond donors (Lipinski definition) is 1. The van der Waals surface area contributed by atoms with Crippen LogP contribution in [-0.2, 0) is 21.7 Å². The standard InChI is InChI=1S/C22H25NO4/c1-14(2)27-20-8-6-5-7-17(20)13-23-19-10-9-15(3)11-18(19)22(26,21(23)25)12-16(4)24/h5-11,14,26H,12-13H2,1-4H3. The number of benzene rings is 2. The number of Topliss-reactive ketones (excluding diaryl/α,β-unsaturated/α-hetero) is 1. The van der Waals surface area contributed by atoms with E-state index in [-0.39, 0.29) is 24.9 Å². The number of anilines is 1.